The van der Waals surface area contributed by atoms with Crippen LogP contribution in [0.4, 0.5) is 0 Å². The first-order valence-corrected chi connectivity index (χ1v) is 6.75. The molecule has 2 rings (SSSR count). The molecular formula is C12H18N4S. The standard InChI is InChI=1S/C12H18N4S/c1-4-16-7-10(6-14-16)11-8-17-12(15-11)9(2)5-13-3/h6-9,13H,4-5H2,1-3H3. The Morgan fingerprint density at radius 2 is 2.35 bits per heavy atom. The maximum absolute atomic E-state index is 4.67. The second-order valence-corrected chi connectivity index (χ2v) is 5.00. The van der Waals surface area contributed by atoms with Gasteiger partial charge in [0, 0.05) is 36.1 Å². The van der Waals surface area contributed by atoms with Gasteiger partial charge in [0.1, 0.15) is 0 Å². The van der Waals surface area contributed by atoms with E-state index in [0.29, 0.717) is 5.92 Å². The largest absolute Gasteiger partial charge is 0.319 e. The summed E-state index contributed by atoms with van der Waals surface area (Å²) in [6.07, 6.45) is 3.92. The van der Waals surface area contributed by atoms with Crippen molar-refractivity contribution in [1.29, 1.82) is 0 Å². The van der Waals surface area contributed by atoms with Crippen molar-refractivity contribution in [3.8, 4) is 11.3 Å². The molecule has 2 heterocycles. The predicted molar refractivity (Wildman–Crippen MR) is 71.4 cm³/mol. The molecule has 0 aromatic carbocycles. The minimum atomic E-state index is 0.458. The first-order chi connectivity index (χ1) is 8.24. The average molecular weight is 250 g/mol. The Kier molecular flexibility index (Phi) is 3.91. The second-order valence-electron chi connectivity index (χ2n) is 4.11. The molecule has 0 saturated heterocycles. The Morgan fingerprint density at radius 1 is 1.53 bits per heavy atom. The third kappa shape index (κ3) is 2.73. The molecule has 2 aromatic rings. The summed E-state index contributed by atoms with van der Waals surface area (Å²) >= 11 is 1.72. The van der Waals surface area contributed by atoms with Gasteiger partial charge in [-0.05, 0) is 14.0 Å². The molecule has 0 bridgehead atoms. The molecule has 17 heavy (non-hydrogen) atoms. The van der Waals surface area contributed by atoms with Crippen molar-refractivity contribution in [3.63, 3.8) is 0 Å². The lowest BCUT2D eigenvalue weighted by Gasteiger charge is -2.05. The monoisotopic (exact) mass is 250 g/mol. The van der Waals surface area contributed by atoms with Gasteiger partial charge in [-0.25, -0.2) is 4.98 Å². The van der Waals surface area contributed by atoms with Gasteiger partial charge < -0.3 is 5.32 Å². The second kappa shape index (κ2) is 5.42. The molecule has 0 aliphatic rings. The Labute approximate surface area is 106 Å². The summed E-state index contributed by atoms with van der Waals surface area (Å²) in [5.41, 5.74) is 2.14. The molecule has 0 aliphatic carbocycles. The van der Waals surface area contributed by atoms with Crippen LogP contribution in [0.5, 0.6) is 0 Å². The third-order valence-electron chi connectivity index (χ3n) is 2.71. The summed E-state index contributed by atoms with van der Waals surface area (Å²) in [5, 5.41) is 10.7. The van der Waals surface area contributed by atoms with Gasteiger partial charge in [-0.15, -0.1) is 11.3 Å². The summed E-state index contributed by atoms with van der Waals surface area (Å²) in [6.45, 7) is 6.13. The van der Waals surface area contributed by atoms with E-state index in [9.17, 15) is 0 Å². The van der Waals surface area contributed by atoms with Gasteiger partial charge in [0.05, 0.1) is 16.9 Å². The van der Waals surface area contributed by atoms with E-state index in [2.05, 4.69) is 34.6 Å². The van der Waals surface area contributed by atoms with Gasteiger partial charge in [0.25, 0.3) is 0 Å². The molecule has 0 spiro atoms. The summed E-state index contributed by atoms with van der Waals surface area (Å²) in [6, 6.07) is 0. The Hall–Kier alpha value is -1.20. The van der Waals surface area contributed by atoms with E-state index in [-0.39, 0.29) is 0 Å². The van der Waals surface area contributed by atoms with E-state index in [1.54, 1.807) is 11.3 Å². The van der Waals surface area contributed by atoms with E-state index in [4.69, 9.17) is 0 Å². The number of hydrogen-bond donors (Lipinski definition) is 1. The van der Waals surface area contributed by atoms with Crippen molar-refractivity contribution in [2.75, 3.05) is 13.6 Å². The number of nitrogens with one attached hydrogen (secondary N) is 1. The zero-order valence-electron chi connectivity index (χ0n) is 10.5. The highest BCUT2D eigenvalue weighted by molar-refractivity contribution is 7.10. The van der Waals surface area contributed by atoms with Gasteiger partial charge >= 0.3 is 0 Å². The molecule has 92 valence electrons. The fourth-order valence-corrected chi connectivity index (χ4v) is 2.60. The van der Waals surface area contributed by atoms with Gasteiger partial charge in [0.2, 0.25) is 0 Å². The fourth-order valence-electron chi connectivity index (χ4n) is 1.71. The topological polar surface area (TPSA) is 42.7 Å². The molecule has 0 amide bonds. The SMILES string of the molecule is CCn1cc(-c2csc(C(C)CNC)n2)cn1. The van der Waals surface area contributed by atoms with Crippen LogP contribution in [0.15, 0.2) is 17.8 Å². The molecule has 0 radical (unpaired) electrons. The van der Waals surface area contributed by atoms with E-state index >= 15 is 0 Å². The molecule has 0 aliphatic heterocycles. The van der Waals surface area contributed by atoms with Crippen molar-refractivity contribution < 1.29 is 0 Å². The van der Waals surface area contributed by atoms with Crippen LogP contribution in [-0.4, -0.2) is 28.4 Å². The lowest BCUT2D eigenvalue weighted by molar-refractivity contribution is 0.660. The quantitative estimate of drug-likeness (QED) is 0.885. The Bertz CT molecular complexity index is 474. The van der Waals surface area contributed by atoms with Crippen LogP contribution in [0.2, 0.25) is 0 Å². The average Bonchev–Trinajstić information content (AvgIpc) is 2.98. The maximum Gasteiger partial charge on any atom is 0.0973 e. The lowest BCUT2D eigenvalue weighted by atomic mass is 10.2. The zero-order chi connectivity index (χ0) is 12.3. The van der Waals surface area contributed by atoms with Crippen molar-refractivity contribution >= 4 is 11.3 Å². The first kappa shape index (κ1) is 12.3. The van der Waals surface area contributed by atoms with Crippen molar-refractivity contribution in [2.45, 2.75) is 26.3 Å². The van der Waals surface area contributed by atoms with E-state index in [0.717, 1.165) is 24.3 Å². The van der Waals surface area contributed by atoms with Crippen LogP contribution < -0.4 is 5.32 Å². The number of thiazole rings is 1. The number of aromatic nitrogens is 3. The fraction of sp³-hybridized carbons (Fsp3) is 0.500. The Balaban J connectivity index is 2.17. The molecule has 0 saturated carbocycles. The first-order valence-electron chi connectivity index (χ1n) is 5.87. The van der Waals surface area contributed by atoms with Crippen molar-refractivity contribution in [1.82, 2.24) is 20.1 Å². The van der Waals surface area contributed by atoms with Crippen LogP contribution in [0.1, 0.15) is 24.8 Å². The molecule has 4 nitrogen and oxygen atoms in total. The summed E-state index contributed by atoms with van der Waals surface area (Å²) in [4.78, 5) is 4.67. The third-order valence-corrected chi connectivity index (χ3v) is 3.78. The minimum Gasteiger partial charge on any atom is -0.319 e. The number of nitrogens with zero attached hydrogens (tertiary/aromatic N) is 3. The van der Waals surface area contributed by atoms with Crippen LogP contribution in [0.25, 0.3) is 11.3 Å². The highest BCUT2D eigenvalue weighted by atomic mass is 32.1. The molecule has 1 unspecified atom stereocenters. The van der Waals surface area contributed by atoms with Crippen molar-refractivity contribution in [2.24, 2.45) is 0 Å². The summed E-state index contributed by atoms with van der Waals surface area (Å²) < 4.78 is 1.92. The predicted octanol–water partition coefficient (Wildman–Crippen LogP) is 2.35. The number of hydrogen-bond acceptors (Lipinski definition) is 4. The van der Waals surface area contributed by atoms with Crippen LogP contribution in [-0.2, 0) is 6.54 Å². The number of likely N-dealkylation sites (N-methyl/N-ethyl adjacent to an activating group) is 1. The maximum atomic E-state index is 4.67. The number of rotatable bonds is 5. The Morgan fingerprint density at radius 3 is 3.00 bits per heavy atom. The zero-order valence-corrected chi connectivity index (χ0v) is 11.3. The smallest absolute Gasteiger partial charge is 0.0973 e. The highest BCUT2D eigenvalue weighted by Gasteiger charge is 2.11. The molecule has 5 heteroatoms. The minimum absolute atomic E-state index is 0.458. The van der Waals surface area contributed by atoms with Crippen LogP contribution >= 0.6 is 11.3 Å². The summed E-state index contributed by atoms with van der Waals surface area (Å²) in [5.74, 6) is 0.458. The lowest BCUT2D eigenvalue weighted by Crippen LogP contribution is -2.14. The molecule has 2 aromatic heterocycles. The molecule has 0 fully saturated rings. The van der Waals surface area contributed by atoms with Crippen molar-refractivity contribution in [3.05, 3.63) is 22.8 Å². The van der Waals surface area contributed by atoms with E-state index in [1.807, 2.05) is 24.1 Å². The van der Waals surface area contributed by atoms with Crippen LogP contribution in [0, 0.1) is 0 Å². The van der Waals surface area contributed by atoms with Gasteiger partial charge in [-0.3, -0.25) is 4.68 Å². The molecular weight excluding hydrogens is 232 g/mol. The van der Waals surface area contributed by atoms with Gasteiger partial charge in [-0.1, -0.05) is 6.92 Å². The normalized spacial score (nSPS) is 12.9. The van der Waals surface area contributed by atoms with E-state index < -0.39 is 0 Å². The molecule has 1 N–H and O–H groups in total. The van der Waals surface area contributed by atoms with Crippen LogP contribution in [0.3, 0.4) is 0 Å². The number of aryl methyl sites for hydroxylation is 1. The highest BCUT2D eigenvalue weighted by Crippen LogP contribution is 2.25. The van der Waals surface area contributed by atoms with E-state index in [1.165, 1.54) is 5.01 Å². The summed E-state index contributed by atoms with van der Waals surface area (Å²) in [7, 11) is 1.97. The molecule has 1 atom stereocenters. The van der Waals surface area contributed by atoms with Gasteiger partial charge in [-0.2, -0.15) is 5.10 Å². The van der Waals surface area contributed by atoms with Gasteiger partial charge in [0.15, 0.2) is 0 Å².